The van der Waals surface area contributed by atoms with Gasteiger partial charge < -0.3 is 0 Å². The summed E-state index contributed by atoms with van der Waals surface area (Å²) in [6, 6.07) is 2.08. The molecule has 0 aromatic rings. The van der Waals surface area contributed by atoms with E-state index >= 15 is 0 Å². The first-order chi connectivity index (χ1) is 2.77. The predicted molar refractivity (Wildman–Crippen MR) is 29.7 cm³/mol. The van der Waals surface area contributed by atoms with E-state index in [1.165, 1.54) is 0 Å². The summed E-state index contributed by atoms with van der Waals surface area (Å²) in [7, 11) is 0.323. The third-order valence-corrected chi connectivity index (χ3v) is 1.06. The van der Waals surface area contributed by atoms with Crippen LogP contribution in [0.3, 0.4) is 0 Å². The summed E-state index contributed by atoms with van der Waals surface area (Å²) in [6.45, 7) is 0. The van der Waals surface area contributed by atoms with Gasteiger partial charge in [-0.3, -0.25) is 0 Å². The van der Waals surface area contributed by atoms with Gasteiger partial charge in [-0.05, 0) is 10.9 Å². The molecule has 0 aliphatic rings. The van der Waals surface area contributed by atoms with Crippen LogP contribution in [-0.4, -0.2) is 18.3 Å². The summed E-state index contributed by atoms with van der Waals surface area (Å²) in [5.41, 5.74) is 0. The molecule has 0 unspecified atom stereocenters. The second-order valence-corrected chi connectivity index (χ2v) is 3.55. The quantitative estimate of drug-likeness (QED) is 0.439. The molecule has 0 saturated heterocycles. The molecule has 0 spiro atoms. The van der Waals surface area contributed by atoms with Crippen LogP contribution in [0.25, 0.3) is 0 Å². The minimum Gasteiger partial charge on any atom is -0.193 e. The number of hydrogen-bond acceptors (Lipinski definition) is 1. The molecule has 0 rings (SSSR count). The Morgan fingerprint density at radius 3 is 2.17 bits per heavy atom. The van der Waals surface area contributed by atoms with Gasteiger partial charge in [-0.1, -0.05) is 0 Å². The summed E-state index contributed by atoms with van der Waals surface area (Å²) in [4.78, 5) is 0. The van der Waals surface area contributed by atoms with Gasteiger partial charge in [0.05, 0.1) is 12.5 Å². The first-order valence-corrected chi connectivity index (χ1v) is 3.89. The fourth-order valence-corrected chi connectivity index (χ4v) is 0.387. The molecular formula is C4H8NS+. The van der Waals surface area contributed by atoms with Crippen molar-refractivity contribution in [3.8, 4) is 6.07 Å². The van der Waals surface area contributed by atoms with Crippen LogP contribution in [0.2, 0.25) is 0 Å². The Labute approximate surface area is 41.3 Å². The van der Waals surface area contributed by atoms with Crippen molar-refractivity contribution in [1.82, 2.24) is 0 Å². The van der Waals surface area contributed by atoms with Crippen LogP contribution in [0.5, 0.6) is 0 Å². The predicted octanol–water partition coefficient (Wildman–Crippen LogP) is 0.388. The highest BCUT2D eigenvalue weighted by Gasteiger charge is 1.95. The third kappa shape index (κ3) is 3.84. The number of hydrogen-bond donors (Lipinski definition) is 0. The van der Waals surface area contributed by atoms with Gasteiger partial charge in [0, 0.05) is 0 Å². The fraction of sp³-hybridized carbons (Fsp3) is 0.750. The maximum atomic E-state index is 7.99. The summed E-state index contributed by atoms with van der Waals surface area (Å²) in [5, 5.41) is 7.99. The maximum Gasteiger partial charge on any atom is 0.192 e. The lowest BCUT2D eigenvalue weighted by Gasteiger charge is -1.79. The van der Waals surface area contributed by atoms with Gasteiger partial charge in [-0.2, -0.15) is 5.26 Å². The monoisotopic (exact) mass is 102 g/mol. The Balaban J connectivity index is 2.88. The molecule has 6 heavy (non-hydrogen) atoms. The molecule has 0 aromatic heterocycles. The van der Waals surface area contributed by atoms with Crippen molar-refractivity contribution in [1.29, 1.82) is 5.26 Å². The van der Waals surface area contributed by atoms with Crippen LogP contribution in [0.1, 0.15) is 0 Å². The molecule has 0 fully saturated rings. The molecule has 0 N–H and O–H groups in total. The summed E-state index contributed by atoms with van der Waals surface area (Å²) < 4.78 is 0. The van der Waals surface area contributed by atoms with Gasteiger partial charge in [0.25, 0.3) is 0 Å². The average Bonchev–Trinajstić information content (AvgIpc) is 1.35. The van der Waals surface area contributed by atoms with E-state index in [2.05, 4.69) is 18.6 Å². The van der Waals surface area contributed by atoms with E-state index in [1.54, 1.807) is 0 Å². The van der Waals surface area contributed by atoms with Crippen LogP contribution in [0.15, 0.2) is 0 Å². The molecule has 0 heterocycles. The molecule has 0 aliphatic heterocycles. The Bertz CT molecular complexity index is 62.4. The Morgan fingerprint density at radius 1 is 1.67 bits per heavy atom. The Kier molecular flexibility index (Phi) is 2.97. The minimum atomic E-state index is 0.323. The van der Waals surface area contributed by atoms with Crippen LogP contribution in [-0.2, 0) is 10.9 Å². The summed E-state index contributed by atoms with van der Waals surface area (Å²) in [6.07, 6.45) is 4.12. The zero-order valence-corrected chi connectivity index (χ0v) is 4.88. The summed E-state index contributed by atoms with van der Waals surface area (Å²) >= 11 is 0. The van der Waals surface area contributed by atoms with Gasteiger partial charge in [0.2, 0.25) is 0 Å². The van der Waals surface area contributed by atoms with Crippen molar-refractivity contribution in [2.24, 2.45) is 0 Å². The van der Waals surface area contributed by atoms with Gasteiger partial charge in [0.1, 0.15) is 6.07 Å². The van der Waals surface area contributed by atoms with Crippen LogP contribution in [0.4, 0.5) is 0 Å². The van der Waals surface area contributed by atoms with Crippen molar-refractivity contribution in [2.45, 2.75) is 0 Å². The molecule has 0 bridgehead atoms. The normalized spacial score (nSPS) is 8.33. The first kappa shape index (κ1) is 5.84. The highest BCUT2D eigenvalue weighted by Crippen LogP contribution is 1.77. The molecule has 1 nitrogen and oxygen atoms in total. The lowest BCUT2D eigenvalue weighted by atomic mass is 10.9. The number of nitrogens with zero attached hydrogens (tertiary/aromatic N) is 1. The fourth-order valence-electron chi connectivity index (χ4n) is 0.129. The third-order valence-electron chi connectivity index (χ3n) is 0.353. The lowest BCUT2D eigenvalue weighted by molar-refractivity contribution is 1.49. The van der Waals surface area contributed by atoms with Gasteiger partial charge in [0.15, 0.2) is 5.75 Å². The molecule has 0 atom stereocenters. The second kappa shape index (κ2) is 3.05. The molecule has 2 heteroatoms. The van der Waals surface area contributed by atoms with Gasteiger partial charge in [-0.15, -0.1) is 0 Å². The number of nitriles is 1. The topological polar surface area (TPSA) is 23.8 Å². The molecule has 0 aliphatic carbocycles. The Morgan fingerprint density at radius 2 is 2.17 bits per heavy atom. The lowest BCUT2D eigenvalue weighted by Crippen LogP contribution is -1.96. The Hall–Kier alpha value is -0.160. The van der Waals surface area contributed by atoms with Crippen LogP contribution < -0.4 is 0 Å². The molecule has 0 saturated carbocycles. The van der Waals surface area contributed by atoms with E-state index in [0.29, 0.717) is 16.6 Å². The van der Waals surface area contributed by atoms with E-state index in [0.717, 1.165) is 0 Å². The highest BCUT2D eigenvalue weighted by atomic mass is 32.2. The van der Waals surface area contributed by atoms with Gasteiger partial charge >= 0.3 is 0 Å². The van der Waals surface area contributed by atoms with Crippen molar-refractivity contribution in [2.75, 3.05) is 18.3 Å². The maximum absolute atomic E-state index is 7.99. The average molecular weight is 102 g/mol. The van der Waals surface area contributed by atoms with Crippen molar-refractivity contribution in [3.05, 3.63) is 0 Å². The first-order valence-electron chi connectivity index (χ1n) is 1.68. The van der Waals surface area contributed by atoms with E-state index < -0.39 is 0 Å². The molecular weight excluding hydrogens is 94.1 g/mol. The van der Waals surface area contributed by atoms with E-state index in [9.17, 15) is 0 Å². The smallest absolute Gasteiger partial charge is 0.192 e. The molecule has 0 aromatic carbocycles. The molecule has 34 valence electrons. The van der Waals surface area contributed by atoms with Crippen molar-refractivity contribution >= 4 is 10.9 Å². The zero-order valence-electron chi connectivity index (χ0n) is 4.06. The van der Waals surface area contributed by atoms with Gasteiger partial charge in [-0.25, -0.2) is 0 Å². The SMILES string of the molecule is C[S+](C)CC#N. The van der Waals surface area contributed by atoms with Crippen LogP contribution >= 0.6 is 0 Å². The van der Waals surface area contributed by atoms with E-state index in [-0.39, 0.29) is 0 Å². The summed E-state index contributed by atoms with van der Waals surface area (Å²) in [5.74, 6) is 0.708. The standard InChI is InChI=1S/C4H8NS/c1-6(2)4-3-5/h4H2,1-2H3/q+1. The van der Waals surface area contributed by atoms with E-state index in [4.69, 9.17) is 5.26 Å². The van der Waals surface area contributed by atoms with Crippen LogP contribution in [0, 0.1) is 11.3 Å². The number of rotatable bonds is 1. The molecule has 0 amide bonds. The van der Waals surface area contributed by atoms with Crippen molar-refractivity contribution < 1.29 is 0 Å². The second-order valence-electron chi connectivity index (χ2n) is 1.29. The minimum absolute atomic E-state index is 0.323. The largest absolute Gasteiger partial charge is 0.193 e. The van der Waals surface area contributed by atoms with Crippen molar-refractivity contribution in [3.63, 3.8) is 0 Å². The zero-order chi connectivity index (χ0) is 4.99. The van der Waals surface area contributed by atoms with E-state index in [1.807, 2.05) is 0 Å². The molecule has 0 radical (unpaired) electrons. The highest BCUT2D eigenvalue weighted by molar-refractivity contribution is 7.95.